The molecule has 3 aromatic rings. The number of nitriles is 1. The van der Waals surface area contributed by atoms with Gasteiger partial charge in [0.1, 0.15) is 23.1 Å². The Hall–Kier alpha value is -4.58. The zero-order chi connectivity index (χ0) is 24.3. The van der Waals surface area contributed by atoms with E-state index in [1.165, 1.54) is 33.8 Å². The van der Waals surface area contributed by atoms with E-state index in [2.05, 4.69) is 11.1 Å². The summed E-state index contributed by atoms with van der Waals surface area (Å²) in [7, 11) is 0. The molecule has 0 saturated heterocycles. The van der Waals surface area contributed by atoms with Gasteiger partial charge < -0.3 is 9.47 Å². The molecule has 0 bridgehead atoms. The van der Waals surface area contributed by atoms with Gasteiger partial charge in [0.2, 0.25) is 11.8 Å². The first kappa shape index (κ1) is 23.1. The van der Waals surface area contributed by atoms with Gasteiger partial charge in [0.25, 0.3) is 0 Å². The molecular weight excluding hydrogens is 426 g/mol. The largest absolute Gasteiger partial charge is 0.427 e. The van der Waals surface area contributed by atoms with E-state index in [1.807, 2.05) is 0 Å². The Morgan fingerprint density at radius 1 is 0.848 bits per heavy atom. The molecular formula is C24H19N3O6. The van der Waals surface area contributed by atoms with E-state index in [0.29, 0.717) is 27.8 Å². The molecule has 0 unspecified atom stereocenters. The minimum Gasteiger partial charge on any atom is -0.427 e. The van der Waals surface area contributed by atoms with Crippen LogP contribution in [0.5, 0.6) is 11.5 Å². The van der Waals surface area contributed by atoms with Crippen LogP contribution in [-0.4, -0.2) is 28.7 Å². The number of benzene rings is 2. The molecule has 9 nitrogen and oxygen atoms in total. The fraction of sp³-hybridized carbons (Fsp3) is 0.167. The summed E-state index contributed by atoms with van der Waals surface area (Å²) in [4.78, 5) is 52.3. The lowest BCUT2D eigenvalue weighted by atomic mass is 9.95. The van der Waals surface area contributed by atoms with Gasteiger partial charge in [0.05, 0.1) is 5.52 Å². The number of aromatic nitrogens is 1. The predicted molar refractivity (Wildman–Crippen MR) is 118 cm³/mol. The molecule has 166 valence electrons. The zero-order valence-corrected chi connectivity index (χ0v) is 18.3. The van der Waals surface area contributed by atoms with Crippen LogP contribution >= 0.6 is 0 Å². The van der Waals surface area contributed by atoms with E-state index in [1.54, 1.807) is 36.4 Å². The number of rotatable bonds is 4. The average Bonchev–Trinajstić information content (AvgIpc) is 2.72. The number of ether oxygens (including phenoxy) is 2. The molecule has 9 heteroatoms. The number of hydrogen-bond acceptors (Lipinski definition) is 8. The van der Waals surface area contributed by atoms with Crippen molar-refractivity contribution in [2.75, 3.05) is 4.90 Å². The van der Waals surface area contributed by atoms with Gasteiger partial charge >= 0.3 is 11.9 Å². The number of pyridine rings is 1. The van der Waals surface area contributed by atoms with E-state index < -0.39 is 23.8 Å². The Morgan fingerprint density at radius 3 is 1.91 bits per heavy atom. The molecule has 0 aliphatic rings. The maximum Gasteiger partial charge on any atom is 0.308 e. The third kappa shape index (κ3) is 4.85. The van der Waals surface area contributed by atoms with Crippen molar-refractivity contribution in [2.24, 2.45) is 0 Å². The van der Waals surface area contributed by atoms with E-state index in [-0.39, 0.29) is 17.1 Å². The minimum atomic E-state index is -0.613. The van der Waals surface area contributed by atoms with Crippen LogP contribution in [0.4, 0.5) is 5.82 Å². The average molecular weight is 445 g/mol. The van der Waals surface area contributed by atoms with Crippen LogP contribution < -0.4 is 14.4 Å². The quantitative estimate of drug-likeness (QED) is 0.441. The van der Waals surface area contributed by atoms with Gasteiger partial charge in [-0.1, -0.05) is 12.1 Å². The maximum atomic E-state index is 12.2. The normalized spacial score (nSPS) is 10.3. The van der Waals surface area contributed by atoms with Crippen LogP contribution in [0.1, 0.15) is 33.3 Å². The third-order valence-corrected chi connectivity index (χ3v) is 4.56. The fourth-order valence-corrected chi connectivity index (χ4v) is 3.40. The summed E-state index contributed by atoms with van der Waals surface area (Å²) in [6, 6.07) is 13.1. The van der Waals surface area contributed by atoms with Crippen molar-refractivity contribution in [1.82, 2.24) is 4.98 Å². The summed E-state index contributed by atoms with van der Waals surface area (Å²) in [6.45, 7) is 4.92. The molecule has 1 heterocycles. The van der Waals surface area contributed by atoms with Gasteiger partial charge in [-0.25, -0.2) is 9.88 Å². The van der Waals surface area contributed by atoms with Crippen LogP contribution in [0.2, 0.25) is 0 Å². The smallest absolute Gasteiger partial charge is 0.308 e. The number of imide groups is 1. The van der Waals surface area contributed by atoms with E-state index >= 15 is 0 Å². The molecule has 0 spiro atoms. The van der Waals surface area contributed by atoms with Gasteiger partial charge in [-0.3, -0.25) is 19.2 Å². The van der Waals surface area contributed by atoms with Gasteiger partial charge in [0, 0.05) is 44.7 Å². The first-order valence-corrected chi connectivity index (χ1v) is 9.78. The Morgan fingerprint density at radius 2 is 1.39 bits per heavy atom. The van der Waals surface area contributed by atoms with Crippen LogP contribution in [0.25, 0.3) is 22.0 Å². The molecule has 0 fully saturated rings. The summed E-state index contributed by atoms with van der Waals surface area (Å²) < 4.78 is 10.2. The lowest BCUT2D eigenvalue weighted by Crippen LogP contribution is -2.34. The van der Waals surface area contributed by atoms with Crippen LogP contribution in [0.15, 0.2) is 42.5 Å². The fourth-order valence-electron chi connectivity index (χ4n) is 3.40. The lowest BCUT2D eigenvalue weighted by molar-refractivity contribution is -0.132. The molecule has 1 aromatic heterocycles. The number of carbonyl (C=O) groups is 4. The zero-order valence-electron chi connectivity index (χ0n) is 18.3. The van der Waals surface area contributed by atoms with Gasteiger partial charge in [0.15, 0.2) is 5.82 Å². The molecule has 0 saturated carbocycles. The minimum absolute atomic E-state index is 0.00775. The molecule has 33 heavy (non-hydrogen) atoms. The monoisotopic (exact) mass is 445 g/mol. The highest BCUT2D eigenvalue weighted by Gasteiger charge is 2.26. The number of carbonyl (C=O) groups excluding carboxylic acids is 4. The van der Waals surface area contributed by atoms with Crippen molar-refractivity contribution in [1.29, 1.82) is 5.26 Å². The summed E-state index contributed by atoms with van der Waals surface area (Å²) in [5.41, 5.74) is 1.28. The number of nitrogens with zero attached hydrogens (tertiary/aromatic N) is 3. The van der Waals surface area contributed by atoms with Crippen molar-refractivity contribution in [3.05, 3.63) is 48.0 Å². The number of esters is 2. The number of hydrogen-bond donors (Lipinski definition) is 0. The van der Waals surface area contributed by atoms with Gasteiger partial charge in [-0.15, -0.1) is 0 Å². The van der Waals surface area contributed by atoms with Crippen LogP contribution in [0, 0.1) is 11.3 Å². The van der Waals surface area contributed by atoms with Crippen molar-refractivity contribution < 1.29 is 28.7 Å². The Balaban J connectivity index is 2.36. The Bertz CT molecular complexity index is 1330. The summed E-state index contributed by atoms with van der Waals surface area (Å²) >= 11 is 0. The number of anilines is 1. The molecule has 2 amide bonds. The highest BCUT2D eigenvalue weighted by Crippen LogP contribution is 2.38. The maximum absolute atomic E-state index is 12.2. The first-order valence-electron chi connectivity index (χ1n) is 9.78. The molecule has 0 radical (unpaired) electrons. The second-order valence-electron chi connectivity index (χ2n) is 7.06. The van der Waals surface area contributed by atoms with Crippen molar-refractivity contribution in [3.8, 4) is 28.7 Å². The van der Waals surface area contributed by atoms with E-state index in [9.17, 15) is 24.4 Å². The molecule has 3 rings (SSSR count). The summed E-state index contributed by atoms with van der Waals surface area (Å²) in [5.74, 6) is -1.84. The molecule has 0 atom stereocenters. The highest BCUT2D eigenvalue weighted by atomic mass is 16.5. The second kappa shape index (κ2) is 9.28. The van der Waals surface area contributed by atoms with Gasteiger partial charge in [-0.2, -0.15) is 5.26 Å². The third-order valence-electron chi connectivity index (χ3n) is 4.56. The highest BCUT2D eigenvalue weighted by molar-refractivity contribution is 6.15. The summed E-state index contributed by atoms with van der Waals surface area (Å²) in [5, 5.41) is 10.5. The van der Waals surface area contributed by atoms with Crippen LogP contribution in [-0.2, 0) is 19.2 Å². The number of fused-ring (bicyclic) bond motifs is 1. The molecule has 0 aliphatic heterocycles. The lowest BCUT2D eigenvalue weighted by Gasteiger charge is -2.21. The SMILES string of the molecule is CC(=O)Oc1ccc(-c2c(C#N)c(N(C(C)=O)C(C)=O)nc3cc(OC(C)=O)ccc23)cc1. The van der Waals surface area contributed by atoms with Gasteiger partial charge in [-0.05, 0) is 29.8 Å². The molecule has 0 aliphatic carbocycles. The topological polar surface area (TPSA) is 127 Å². The Labute approximate surface area is 189 Å². The molecule has 0 N–H and O–H groups in total. The Kier molecular flexibility index (Phi) is 6.49. The standard InChI is InChI=1S/C24H19N3O6/c1-13(28)27(14(2)29)24-21(12-25)23(17-5-7-18(8-6-17)32-15(3)30)20-10-9-19(33-16(4)31)11-22(20)26-24/h5-11H,1-4H3. The van der Waals surface area contributed by atoms with Crippen molar-refractivity contribution >= 4 is 40.5 Å². The second-order valence-corrected chi connectivity index (χ2v) is 7.06. The van der Waals surface area contributed by atoms with E-state index in [4.69, 9.17) is 9.47 Å². The predicted octanol–water partition coefficient (Wildman–Crippen LogP) is 3.52. The van der Waals surface area contributed by atoms with Crippen molar-refractivity contribution in [3.63, 3.8) is 0 Å². The molecule has 2 aromatic carbocycles. The van der Waals surface area contributed by atoms with E-state index in [0.717, 1.165) is 4.90 Å². The summed E-state index contributed by atoms with van der Waals surface area (Å²) in [6.07, 6.45) is 0. The van der Waals surface area contributed by atoms with Crippen molar-refractivity contribution in [2.45, 2.75) is 27.7 Å². The van der Waals surface area contributed by atoms with Crippen LogP contribution in [0.3, 0.4) is 0 Å². The first-order chi connectivity index (χ1) is 15.6. The number of amides is 2.